The summed E-state index contributed by atoms with van der Waals surface area (Å²) in [6.45, 7) is 8.88. The lowest BCUT2D eigenvalue weighted by atomic mass is 10.1. The number of carbonyl (C=O) groups excluding carboxylic acids is 2. The molecule has 182 valence electrons. The van der Waals surface area contributed by atoms with Gasteiger partial charge in [0, 0.05) is 36.1 Å². The Hall–Kier alpha value is -4.47. The number of aromatic nitrogens is 3. The average molecular weight is 477 g/mol. The molecule has 1 aromatic carbocycles. The van der Waals surface area contributed by atoms with Crippen LogP contribution >= 0.6 is 0 Å². The standard InChI is InChI=1S/C25H28N6O4/c1-6-18(32)9-17-10-19(35-16(4)23(26)33)7-8-20(17)29-24-15(3)13-28-25(31-24)30-21-11-22(34-5)27-12-14(21)2/h6-8,10-13,16H,1,9H2,2-5H3,(H2,26,33)(H2,27,28,29,30,31)/t16-/m0/s1. The molecule has 0 saturated heterocycles. The molecule has 0 aliphatic heterocycles. The van der Waals surface area contributed by atoms with Crippen molar-refractivity contribution in [2.75, 3.05) is 17.7 Å². The lowest BCUT2D eigenvalue weighted by Crippen LogP contribution is -2.30. The molecular weight excluding hydrogens is 448 g/mol. The first kappa shape index (κ1) is 25.2. The Bertz CT molecular complexity index is 1260. The highest BCUT2D eigenvalue weighted by molar-refractivity contribution is 5.92. The predicted octanol–water partition coefficient (Wildman–Crippen LogP) is 3.53. The van der Waals surface area contributed by atoms with Crippen molar-refractivity contribution in [1.29, 1.82) is 0 Å². The molecule has 0 aliphatic carbocycles. The molecule has 10 nitrogen and oxygen atoms in total. The van der Waals surface area contributed by atoms with Crippen LogP contribution in [0.25, 0.3) is 0 Å². The summed E-state index contributed by atoms with van der Waals surface area (Å²) in [4.78, 5) is 36.6. The number of ketones is 1. The van der Waals surface area contributed by atoms with Crippen molar-refractivity contribution in [2.45, 2.75) is 33.3 Å². The van der Waals surface area contributed by atoms with E-state index in [2.05, 4.69) is 32.2 Å². The van der Waals surface area contributed by atoms with Crippen LogP contribution in [0.5, 0.6) is 11.6 Å². The maximum Gasteiger partial charge on any atom is 0.258 e. The molecule has 35 heavy (non-hydrogen) atoms. The van der Waals surface area contributed by atoms with Gasteiger partial charge < -0.3 is 25.8 Å². The second-order valence-electron chi connectivity index (χ2n) is 7.85. The van der Waals surface area contributed by atoms with Gasteiger partial charge in [0.25, 0.3) is 5.91 Å². The number of hydrogen-bond donors (Lipinski definition) is 3. The van der Waals surface area contributed by atoms with Crippen LogP contribution in [0, 0.1) is 13.8 Å². The summed E-state index contributed by atoms with van der Waals surface area (Å²) >= 11 is 0. The van der Waals surface area contributed by atoms with Gasteiger partial charge in [-0.25, -0.2) is 9.97 Å². The zero-order valence-corrected chi connectivity index (χ0v) is 20.1. The Morgan fingerprint density at radius 1 is 1.11 bits per heavy atom. The molecule has 1 atom stereocenters. The van der Waals surface area contributed by atoms with Crippen LogP contribution in [0.15, 0.2) is 49.3 Å². The SMILES string of the molecule is C=CC(=O)Cc1cc(O[C@@H](C)C(N)=O)ccc1Nc1nc(Nc2cc(OC)ncc2C)ncc1C. The summed E-state index contributed by atoms with van der Waals surface area (Å²) in [7, 11) is 1.55. The molecule has 0 spiro atoms. The smallest absolute Gasteiger partial charge is 0.258 e. The molecule has 10 heteroatoms. The van der Waals surface area contributed by atoms with E-state index in [-0.39, 0.29) is 12.2 Å². The van der Waals surface area contributed by atoms with Gasteiger partial charge in [0.2, 0.25) is 11.8 Å². The molecule has 0 radical (unpaired) electrons. The van der Waals surface area contributed by atoms with E-state index in [0.29, 0.717) is 34.6 Å². The van der Waals surface area contributed by atoms with Crippen LogP contribution in [-0.2, 0) is 16.0 Å². The first-order valence-electron chi connectivity index (χ1n) is 10.8. The van der Waals surface area contributed by atoms with E-state index in [4.69, 9.17) is 15.2 Å². The van der Waals surface area contributed by atoms with E-state index in [1.807, 2.05) is 13.8 Å². The van der Waals surface area contributed by atoms with Gasteiger partial charge in [-0.1, -0.05) is 6.58 Å². The van der Waals surface area contributed by atoms with Gasteiger partial charge in [-0.3, -0.25) is 9.59 Å². The maximum atomic E-state index is 12.1. The summed E-state index contributed by atoms with van der Waals surface area (Å²) < 4.78 is 10.8. The summed E-state index contributed by atoms with van der Waals surface area (Å²) in [5.41, 5.74) is 9.04. The first-order chi connectivity index (χ1) is 16.7. The van der Waals surface area contributed by atoms with E-state index in [1.54, 1.807) is 50.7 Å². The Kier molecular flexibility index (Phi) is 7.98. The van der Waals surface area contributed by atoms with Gasteiger partial charge in [0.1, 0.15) is 11.6 Å². The number of carbonyl (C=O) groups is 2. The zero-order chi connectivity index (χ0) is 25.5. The lowest BCUT2D eigenvalue weighted by molar-refractivity contribution is -0.124. The minimum absolute atomic E-state index is 0.0826. The average Bonchev–Trinajstić information content (AvgIpc) is 2.83. The number of anilines is 4. The summed E-state index contributed by atoms with van der Waals surface area (Å²) in [6, 6.07) is 6.88. The molecule has 0 bridgehead atoms. The van der Waals surface area contributed by atoms with E-state index < -0.39 is 12.0 Å². The monoisotopic (exact) mass is 476 g/mol. The molecule has 3 rings (SSSR count). The second-order valence-corrected chi connectivity index (χ2v) is 7.85. The minimum Gasteiger partial charge on any atom is -0.481 e. The zero-order valence-electron chi connectivity index (χ0n) is 20.1. The topological polar surface area (TPSA) is 141 Å². The first-order valence-corrected chi connectivity index (χ1v) is 10.8. The largest absolute Gasteiger partial charge is 0.481 e. The number of hydrogen-bond acceptors (Lipinski definition) is 9. The van der Waals surface area contributed by atoms with Crippen molar-refractivity contribution in [1.82, 2.24) is 15.0 Å². The Labute approximate surface area is 203 Å². The molecule has 4 N–H and O–H groups in total. The number of aryl methyl sites for hydroxylation is 2. The fourth-order valence-corrected chi connectivity index (χ4v) is 3.06. The molecule has 0 saturated carbocycles. The maximum absolute atomic E-state index is 12.1. The van der Waals surface area contributed by atoms with Gasteiger partial charge in [-0.15, -0.1) is 0 Å². The molecule has 1 amide bonds. The predicted molar refractivity (Wildman–Crippen MR) is 133 cm³/mol. The van der Waals surface area contributed by atoms with E-state index in [0.717, 1.165) is 16.8 Å². The third kappa shape index (κ3) is 6.53. The van der Waals surface area contributed by atoms with E-state index in [1.165, 1.54) is 6.08 Å². The molecule has 3 aromatic rings. The molecule has 0 aliphatic rings. The summed E-state index contributed by atoms with van der Waals surface area (Å²) in [5, 5.41) is 6.46. The van der Waals surface area contributed by atoms with Gasteiger partial charge in [-0.2, -0.15) is 4.98 Å². The van der Waals surface area contributed by atoms with Crippen LogP contribution in [0.2, 0.25) is 0 Å². The minimum atomic E-state index is -0.815. The molecular formula is C25H28N6O4. The number of ether oxygens (including phenoxy) is 2. The number of pyridine rings is 1. The van der Waals surface area contributed by atoms with Crippen LogP contribution in [0.4, 0.5) is 23.1 Å². The fourth-order valence-electron chi connectivity index (χ4n) is 3.06. The van der Waals surface area contributed by atoms with Crippen molar-refractivity contribution >= 4 is 34.8 Å². The van der Waals surface area contributed by atoms with Crippen LogP contribution in [-0.4, -0.2) is 39.9 Å². The number of rotatable bonds is 11. The van der Waals surface area contributed by atoms with Crippen molar-refractivity contribution in [3.8, 4) is 11.6 Å². The highest BCUT2D eigenvalue weighted by Gasteiger charge is 2.15. The van der Waals surface area contributed by atoms with Gasteiger partial charge in [0.05, 0.1) is 12.8 Å². The summed E-state index contributed by atoms with van der Waals surface area (Å²) in [6.07, 6.45) is 3.91. The quantitative estimate of drug-likeness (QED) is 0.354. The van der Waals surface area contributed by atoms with Gasteiger partial charge >= 0.3 is 0 Å². The van der Waals surface area contributed by atoms with Crippen molar-refractivity contribution in [2.24, 2.45) is 5.73 Å². The van der Waals surface area contributed by atoms with Crippen LogP contribution in [0.1, 0.15) is 23.6 Å². The number of benzene rings is 1. The number of nitrogens with two attached hydrogens (primary N) is 1. The number of primary amides is 1. The Morgan fingerprint density at radius 2 is 1.86 bits per heavy atom. The molecule has 2 heterocycles. The van der Waals surface area contributed by atoms with Crippen molar-refractivity contribution in [3.05, 3.63) is 66.0 Å². The molecule has 2 aromatic heterocycles. The highest BCUT2D eigenvalue weighted by Crippen LogP contribution is 2.29. The van der Waals surface area contributed by atoms with Gasteiger partial charge in [-0.05, 0) is 56.2 Å². The number of nitrogens with one attached hydrogen (secondary N) is 2. The van der Waals surface area contributed by atoms with Crippen LogP contribution < -0.4 is 25.8 Å². The third-order valence-electron chi connectivity index (χ3n) is 5.14. The number of methoxy groups -OCH3 is 1. The fraction of sp³-hybridized carbons (Fsp3) is 0.240. The second kappa shape index (κ2) is 11.1. The summed E-state index contributed by atoms with van der Waals surface area (Å²) in [5.74, 6) is 1.04. The van der Waals surface area contributed by atoms with E-state index >= 15 is 0 Å². The van der Waals surface area contributed by atoms with Crippen molar-refractivity contribution < 1.29 is 19.1 Å². The molecule has 0 fully saturated rings. The normalized spacial score (nSPS) is 11.3. The van der Waals surface area contributed by atoms with Crippen molar-refractivity contribution in [3.63, 3.8) is 0 Å². The van der Waals surface area contributed by atoms with Crippen LogP contribution in [0.3, 0.4) is 0 Å². The lowest BCUT2D eigenvalue weighted by Gasteiger charge is -2.17. The Balaban J connectivity index is 1.91. The highest BCUT2D eigenvalue weighted by atomic mass is 16.5. The van der Waals surface area contributed by atoms with E-state index in [9.17, 15) is 9.59 Å². The third-order valence-corrected chi connectivity index (χ3v) is 5.14. The van der Waals surface area contributed by atoms with Gasteiger partial charge in [0.15, 0.2) is 11.9 Å². The molecule has 0 unspecified atom stereocenters. The number of nitrogens with zero attached hydrogens (tertiary/aromatic N) is 3. The number of amides is 1. The number of allylic oxidation sites excluding steroid dienone is 1. The Morgan fingerprint density at radius 3 is 2.54 bits per heavy atom.